The molecule has 2 aromatic heterocycles. The highest BCUT2D eigenvalue weighted by Crippen LogP contribution is 2.16. The Morgan fingerprint density at radius 2 is 2.10 bits per heavy atom. The lowest BCUT2D eigenvalue weighted by Gasteiger charge is -1.99. The van der Waals surface area contributed by atoms with Crippen LogP contribution in [0.3, 0.4) is 0 Å². The van der Waals surface area contributed by atoms with E-state index in [4.69, 9.17) is 4.74 Å². The van der Waals surface area contributed by atoms with Crippen LogP contribution in [0.2, 0.25) is 0 Å². The number of aromatic nitrogens is 3. The molecule has 3 rings (SSSR count). The summed E-state index contributed by atoms with van der Waals surface area (Å²) in [5.41, 5.74) is 2.33. The van der Waals surface area contributed by atoms with Crippen molar-refractivity contribution >= 4 is 11.2 Å². The lowest BCUT2D eigenvalue weighted by atomic mass is 10.1. The van der Waals surface area contributed by atoms with Gasteiger partial charge in [-0.3, -0.25) is 0 Å². The van der Waals surface area contributed by atoms with Crippen LogP contribution in [0.1, 0.15) is 18.3 Å². The first kappa shape index (κ1) is 12.6. The Morgan fingerprint density at radius 1 is 1.20 bits per heavy atom. The number of aromatic amines is 1. The van der Waals surface area contributed by atoms with Crippen molar-refractivity contribution in [1.82, 2.24) is 15.0 Å². The van der Waals surface area contributed by atoms with Gasteiger partial charge in [0.25, 0.3) is 0 Å². The Labute approximate surface area is 115 Å². The van der Waals surface area contributed by atoms with Gasteiger partial charge in [0, 0.05) is 12.5 Å². The lowest BCUT2D eigenvalue weighted by Crippen LogP contribution is -1.93. The van der Waals surface area contributed by atoms with Gasteiger partial charge in [0.05, 0.1) is 12.1 Å². The maximum Gasteiger partial charge on any atom is 0.215 e. The van der Waals surface area contributed by atoms with Gasteiger partial charge in [-0.05, 0) is 30.7 Å². The SMILES string of the molecule is CCOc1ccc2[nH]c(Cc3cccc(F)c3)nc2n1. The van der Waals surface area contributed by atoms with Gasteiger partial charge in [0.2, 0.25) is 5.88 Å². The zero-order chi connectivity index (χ0) is 13.9. The molecule has 2 heterocycles. The molecule has 0 radical (unpaired) electrons. The third-order valence-corrected chi connectivity index (χ3v) is 2.92. The normalized spacial score (nSPS) is 10.9. The van der Waals surface area contributed by atoms with Crippen LogP contribution in [0, 0.1) is 5.82 Å². The Morgan fingerprint density at radius 3 is 2.90 bits per heavy atom. The molecule has 0 fully saturated rings. The number of nitrogens with one attached hydrogen (secondary N) is 1. The van der Waals surface area contributed by atoms with Crippen LogP contribution < -0.4 is 4.74 Å². The van der Waals surface area contributed by atoms with Crippen LogP contribution in [-0.2, 0) is 6.42 Å². The van der Waals surface area contributed by atoms with Crippen LogP contribution >= 0.6 is 0 Å². The third-order valence-electron chi connectivity index (χ3n) is 2.92. The van der Waals surface area contributed by atoms with Crippen molar-refractivity contribution in [3.63, 3.8) is 0 Å². The van der Waals surface area contributed by atoms with Crippen molar-refractivity contribution in [2.24, 2.45) is 0 Å². The minimum atomic E-state index is -0.240. The standard InChI is InChI=1S/C15H14FN3O/c1-2-20-14-7-6-12-15(19-14)18-13(17-12)9-10-4-3-5-11(16)8-10/h3-8H,2,9H2,1H3,(H,17,18,19). The molecule has 0 amide bonds. The number of pyridine rings is 1. The lowest BCUT2D eigenvalue weighted by molar-refractivity contribution is 0.328. The Hall–Kier alpha value is -2.43. The number of imidazole rings is 1. The van der Waals surface area contributed by atoms with Gasteiger partial charge < -0.3 is 9.72 Å². The van der Waals surface area contributed by atoms with Gasteiger partial charge >= 0.3 is 0 Å². The van der Waals surface area contributed by atoms with Crippen LogP contribution in [0.5, 0.6) is 5.88 Å². The second-order valence-corrected chi connectivity index (χ2v) is 4.44. The molecule has 1 N–H and O–H groups in total. The average Bonchev–Trinajstić information content (AvgIpc) is 2.80. The van der Waals surface area contributed by atoms with Crippen molar-refractivity contribution in [2.45, 2.75) is 13.3 Å². The summed E-state index contributed by atoms with van der Waals surface area (Å²) in [5, 5.41) is 0. The average molecular weight is 271 g/mol. The molecule has 0 aliphatic heterocycles. The summed E-state index contributed by atoms with van der Waals surface area (Å²) in [4.78, 5) is 11.9. The zero-order valence-electron chi connectivity index (χ0n) is 11.1. The highest BCUT2D eigenvalue weighted by Gasteiger charge is 2.07. The van der Waals surface area contributed by atoms with Crippen LogP contribution in [-0.4, -0.2) is 21.6 Å². The zero-order valence-corrected chi connectivity index (χ0v) is 11.1. The molecule has 102 valence electrons. The summed E-state index contributed by atoms with van der Waals surface area (Å²) in [6, 6.07) is 10.2. The maximum atomic E-state index is 13.2. The molecular weight excluding hydrogens is 257 g/mol. The highest BCUT2D eigenvalue weighted by atomic mass is 19.1. The van der Waals surface area contributed by atoms with Gasteiger partial charge in [0.1, 0.15) is 11.6 Å². The minimum Gasteiger partial charge on any atom is -0.478 e. The highest BCUT2D eigenvalue weighted by molar-refractivity contribution is 5.71. The van der Waals surface area contributed by atoms with E-state index >= 15 is 0 Å². The quantitative estimate of drug-likeness (QED) is 0.793. The molecule has 0 aliphatic carbocycles. The molecule has 5 heteroatoms. The summed E-state index contributed by atoms with van der Waals surface area (Å²) in [5.74, 6) is 1.07. The van der Waals surface area contributed by atoms with Crippen molar-refractivity contribution in [2.75, 3.05) is 6.61 Å². The number of halogens is 1. The maximum absolute atomic E-state index is 13.2. The van der Waals surface area contributed by atoms with E-state index in [0.717, 1.165) is 16.9 Å². The van der Waals surface area contributed by atoms with E-state index < -0.39 is 0 Å². The second-order valence-electron chi connectivity index (χ2n) is 4.44. The van der Waals surface area contributed by atoms with E-state index in [9.17, 15) is 4.39 Å². The molecule has 0 saturated heterocycles. The Bertz CT molecular complexity index is 739. The number of fused-ring (bicyclic) bond motifs is 1. The van der Waals surface area contributed by atoms with E-state index in [2.05, 4.69) is 15.0 Å². The molecule has 0 aliphatic rings. The fraction of sp³-hybridized carbons (Fsp3) is 0.200. The monoisotopic (exact) mass is 271 g/mol. The van der Waals surface area contributed by atoms with Crippen molar-refractivity contribution in [3.8, 4) is 5.88 Å². The molecule has 3 aromatic rings. The fourth-order valence-corrected chi connectivity index (χ4v) is 2.08. The molecule has 0 spiro atoms. The van der Waals surface area contributed by atoms with E-state index in [-0.39, 0.29) is 5.82 Å². The van der Waals surface area contributed by atoms with E-state index in [0.29, 0.717) is 24.6 Å². The first-order valence-corrected chi connectivity index (χ1v) is 6.47. The number of ether oxygens (including phenoxy) is 1. The van der Waals surface area contributed by atoms with E-state index in [1.54, 1.807) is 12.1 Å². The minimum absolute atomic E-state index is 0.240. The molecule has 0 saturated carbocycles. The number of rotatable bonds is 4. The fourth-order valence-electron chi connectivity index (χ4n) is 2.08. The molecular formula is C15H14FN3O. The van der Waals surface area contributed by atoms with Crippen molar-refractivity contribution < 1.29 is 9.13 Å². The van der Waals surface area contributed by atoms with Crippen LogP contribution in [0.15, 0.2) is 36.4 Å². The van der Waals surface area contributed by atoms with E-state index in [1.165, 1.54) is 12.1 Å². The number of hydrogen-bond acceptors (Lipinski definition) is 3. The molecule has 0 atom stereocenters. The molecule has 1 aromatic carbocycles. The molecule has 20 heavy (non-hydrogen) atoms. The van der Waals surface area contributed by atoms with E-state index in [1.807, 2.05) is 19.1 Å². The number of hydrogen-bond donors (Lipinski definition) is 1. The predicted molar refractivity (Wildman–Crippen MR) is 74.3 cm³/mol. The number of nitrogens with zero attached hydrogens (tertiary/aromatic N) is 2. The Kier molecular flexibility index (Phi) is 3.33. The summed E-state index contributed by atoms with van der Waals surface area (Å²) >= 11 is 0. The molecule has 4 nitrogen and oxygen atoms in total. The largest absolute Gasteiger partial charge is 0.478 e. The third kappa shape index (κ3) is 2.61. The summed E-state index contributed by atoms with van der Waals surface area (Å²) in [7, 11) is 0. The topological polar surface area (TPSA) is 50.8 Å². The summed E-state index contributed by atoms with van der Waals surface area (Å²) in [6.07, 6.45) is 0.540. The van der Waals surface area contributed by atoms with Crippen molar-refractivity contribution in [3.05, 3.63) is 53.6 Å². The first-order valence-electron chi connectivity index (χ1n) is 6.47. The van der Waals surface area contributed by atoms with Gasteiger partial charge in [-0.15, -0.1) is 0 Å². The van der Waals surface area contributed by atoms with Gasteiger partial charge in [-0.1, -0.05) is 12.1 Å². The van der Waals surface area contributed by atoms with Crippen LogP contribution in [0.25, 0.3) is 11.2 Å². The van der Waals surface area contributed by atoms with Crippen molar-refractivity contribution in [1.29, 1.82) is 0 Å². The summed E-state index contributed by atoms with van der Waals surface area (Å²) < 4.78 is 18.5. The Balaban J connectivity index is 1.89. The van der Waals surface area contributed by atoms with Gasteiger partial charge in [-0.2, -0.15) is 4.98 Å². The molecule has 0 bridgehead atoms. The summed E-state index contributed by atoms with van der Waals surface area (Å²) in [6.45, 7) is 2.48. The number of H-pyrrole nitrogens is 1. The number of benzene rings is 1. The van der Waals surface area contributed by atoms with Crippen LogP contribution in [0.4, 0.5) is 4.39 Å². The first-order chi connectivity index (χ1) is 9.74. The predicted octanol–water partition coefficient (Wildman–Crippen LogP) is 3.09. The second kappa shape index (κ2) is 5.28. The molecule has 0 unspecified atom stereocenters. The van der Waals surface area contributed by atoms with Gasteiger partial charge in [0.15, 0.2) is 5.65 Å². The smallest absolute Gasteiger partial charge is 0.215 e. The van der Waals surface area contributed by atoms with Gasteiger partial charge in [-0.25, -0.2) is 9.37 Å².